The van der Waals surface area contributed by atoms with Crippen LogP contribution < -0.4 is 5.73 Å². The molecule has 4 rings (SSSR count). The molecule has 0 aromatic carbocycles. The number of hydrogen-bond donors (Lipinski definition) is 2. The molecule has 3 N–H and O–H groups in total. The van der Waals surface area contributed by atoms with Gasteiger partial charge in [0, 0.05) is 0 Å². The molecular formula is C13H16N6O4. The van der Waals surface area contributed by atoms with Gasteiger partial charge in [0.25, 0.3) is 0 Å². The zero-order chi connectivity index (χ0) is 16.2. The third kappa shape index (κ3) is 2.14. The fourth-order valence-corrected chi connectivity index (χ4v) is 3.07. The highest BCUT2D eigenvalue weighted by Crippen LogP contribution is 2.43. The number of nitrogen functional groups attached to an aromatic ring is 1. The summed E-state index contributed by atoms with van der Waals surface area (Å²) in [4.78, 5) is 12.4. The van der Waals surface area contributed by atoms with E-state index in [-0.39, 0.29) is 0 Å². The summed E-state index contributed by atoms with van der Waals surface area (Å²) < 4.78 is 19.5. The molecule has 0 unspecified atom stereocenters. The summed E-state index contributed by atoms with van der Waals surface area (Å²) in [7, 11) is 0. The third-order valence-electron chi connectivity index (χ3n) is 3.94. The van der Waals surface area contributed by atoms with Crippen LogP contribution >= 0.6 is 0 Å². The minimum atomic E-state index is -0.761. The standard InChI is InChI=1S/C13H16N6O4/c1-13(2)22-8-6(3-18-20)21-12(9(8)23-13)19-5-17-7-10(14)15-4-16-11(7)19/h3-6,8-9,12,20H,1-2H3,(H2,14,15,16)/b18-3+/t6-,8-,9-,12-/m1/s1. The van der Waals surface area contributed by atoms with Crippen molar-refractivity contribution in [2.75, 3.05) is 5.73 Å². The van der Waals surface area contributed by atoms with E-state index in [1.807, 2.05) is 13.8 Å². The van der Waals surface area contributed by atoms with Crippen LogP contribution in [0.5, 0.6) is 0 Å². The average Bonchev–Trinajstić information content (AvgIpc) is 3.13. The molecule has 10 heteroatoms. The number of imidazole rings is 1. The first-order chi connectivity index (χ1) is 11.0. The predicted octanol–water partition coefficient (Wildman–Crippen LogP) is 0.286. The Morgan fingerprint density at radius 2 is 2.09 bits per heavy atom. The summed E-state index contributed by atoms with van der Waals surface area (Å²) in [5.74, 6) is -0.468. The Bertz CT molecular complexity index is 775. The van der Waals surface area contributed by atoms with Crippen molar-refractivity contribution in [2.45, 2.75) is 44.2 Å². The Kier molecular flexibility index (Phi) is 3.01. The van der Waals surface area contributed by atoms with Crippen molar-refractivity contribution in [3.8, 4) is 0 Å². The van der Waals surface area contributed by atoms with Gasteiger partial charge >= 0.3 is 0 Å². The number of rotatable bonds is 2. The minimum absolute atomic E-state index is 0.292. The van der Waals surface area contributed by atoms with Crippen LogP contribution in [0.3, 0.4) is 0 Å². The van der Waals surface area contributed by atoms with Crippen LogP contribution in [0.15, 0.2) is 17.8 Å². The van der Waals surface area contributed by atoms with E-state index in [1.165, 1.54) is 12.5 Å². The molecule has 0 aliphatic carbocycles. The fraction of sp³-hybridized carbons (Fsp3) is 0.538. The molecule has 4 heterocycles. The molecule has 4 atom stereocenters. The van der Waals surface area contributed by atoms with Gasteiger partial charge in [0.1, 0.15) is 30.2 Å². The third-order valence-corrected chi connectivity index (χ3v) is 3.94. The van der Waals surface area contributed by atoms with Crippen LogP contribution in [0.4, 0.5) is 5.82 Å². The second kappa shape index (κ2) is 4.85. The number of hydrogen-bond acceptors (Lipinski definition) is 9. The normalized spacial score (nSPS) is 32.8. The second-order valence-electron chi connectivity index (χ2n) is 5.90. The van der Waals surface area contributed by atoms with E-state index in [1.54, 1.807) is 10.9 Å². The molecule has 23 heavy (non-hydrogen) atoms. The molecule has 2 saturated heterocycles. The molecule has 2 aliphatic rings. The molecule has 2 aromatic heterocycles. The zero-order valence-corrected chi connectivity index (χ0v) is 12.5. The maximum atomic E-state index is 8.84. The maximum Gasteiger partial charge on any atom is 0.167 e. The Morgan fingerprint density at radius 1 is 1.30 bits per heavy atom. The van der Waals surface area contributed by atoms with E-state index in [2.05, 4.69) is 20.1 Å². The lowest BCUT2D eigenvalue weighted by Crippen LogP contribution is -2.30. The smallest absolute Gasteiger partial charge is 0.167 e. The van der Waals surface area contributed by atoms with Gasteiger partial charge in [0.05, 0.1) is 12.5 Å². The Morgan fingerprint density at radius 3 is 2.87 bits per heavy atom. The van der Waals surface area contributed by atoms with Crippen LogP contribution in [-0.2, 0) is 14.2 Å². The van der Waals surface area contributed by atoms with Crippen LogP contribution in [0.25, 0.3) is 11.2 Å². The first-order valence-corrected chi connectivity index (χ1v) is 7.12. The number of nitrogens with two attached hydrogens (primary N) is 1. The summed E-state index contributed by atoms with van der Waals surface area (Å²) in [6.45, 7) is 3.64. The molecule has 0 saturated carbocycles. The average molecular weight is 320 g/mol. The van der Waals surface area contributed by atoms with Gasteiger partial charge in [-0.15, -0.1) is 0 Å². The quantitative estimate of drug-likeness (QED) is 0.458. The highest BCUT2D eigenvalue weighted by molar-refractivity contribution is 5.81. The van der Waals surface area contributed by atoms with E-state index in [4.69, 9.17) is 25.2 Å². The molecule has 10 nitrogen and oxygen atoms in total. The molecule has 0 spiro atoms. The lowest BCUT2D eigenvalue weighted by Gasteiger charge is -2.23. The van der Waals surface area contributed by atoms with Crippen molar-refractivity contribution < 1.29 is 19.4 Å². The molecule has 0 radical (unpaired) electrons. The Hall–Kier alpha value is -2.30. The Balaban J connectivity index is 1.77. The van der Waals surface area contributed by atoms with Crippen LogP contribution in [0.2, 0.25) is 0 Å². The number of ether oxygens (including phenoxy) is 3. The largest absolute Gasteiger partial charge is 0.411 e. The second-order valence-corrected chi connectivity index (χ2v) is 5.90. The van der Waals surface area contributed by atoms with E-state index in [0.717, 1.165) is 0 Å². The minimum Gasteiger partial charge on any atom is -0.411 e. The number of nitrogens with zero attached hydrogens (tertiary/aromatic N) is 5. The Labute approximate surface area is 130 Å². The van der Waals surface area contributed by atoms with Crippen molar-refractivity contribution in [3.05, 3.63) is 12.7 Å². The number of anilines is 1. The maximum absolute atomic E-state index is 8.84. The van der Waals surface area contributed by atoms with Crippen molar-refractivity contribution in [1.82, 2.24) is 19.5 Å². The molecular weight excluding hydrogens is 304 g/mol. The van der Waals surface area contributed by atoms with E-state index in [9.17, 15) is 0 Å². The van der Waals surface area contributed by atoms with Crippen LogP contribution in [0.1, 0.15) is 20.1 Å². The highest BCUT2D eigenvalue weighted by atomic mass is 16.8. The number of oxime groups is 1. The fourth-order valence-electron chi connectivity index (χ4n) is 3.07. The lowest BCUT2D eigenvalue weighted by atomic mass is 10.1. The van der Waals surface area contributed by atoms with Gasteiger partial charge in [-0.25, -0.2) is 15.0 Å². The first-order valence-electron chi connectivity index (χ1n) is 7.12. The molecule has 2 fully saturated rings. The summed E-state index contributed by atoms with van der Waals surface area (Å²) >= 11 is 0. The van der Waals surface area contributed by atoms with Gasteiger partial charge in [-0.1, -0.05) is 5.16 Å². The van der Waals surface area contributed by atoms with Crippen molar-refractivity contribution in [3.63, 3.8) is 0 Å². The predicted molar refractivity (Wildman–Crippen MR) is 77.7 cm³/mol. The van der Waals surface area contributed by atoms with Gasteiger partial charge in [-0.2, -0.15) is 0 Å². The van der Waals surface area contributed by atoms with Gasteiger partial charge in [0.2, 0.25) is 0 Å². The molecule has 2 aromatic rings. The van der Waals surface area contributed by atoms with E-state index < -0.39 is 30.3 Å². The van der Waals surface area contributed by atoms with Gasteiger partial charge in [-0.05, 0) is 13.8 Å². The molecule has 122 valence electrons. The summed E-state index contributed by atoms with van der Waals surface area (Å²) in [5.41, 5.74) is 6.84. The monoisotopic (exact) mass is 320 g/mol. The lowest BCUT2D eigenvalue weighted by molar-refractivity contribution is -0.188. The first kappa shape index (κ1) is 14.3. The van der Waals surface area contributed by atoms with Crippen molar-refractivity contribution >= 4 is 23.2 Å². The van der Waals surface area contributed by atoms with Crippen LogP contribution in [-0.4, -0.2) is 55.0 Å². The number of fused-ring (bicyclic) bond motifs is 2. The van der Waals surface area contributed by atoms with Crippen molar-refractivity contribution in [2.24, 2.45) is 5.16 Å². The number of aromatic nitrogens is 4. The molecule has 2 aliphatic heterocycles. The van der Waals surface area contributed by atoms with Gasteiger partial charge in [-0.3, -0.25) is 4.57 Å². The van der Waals surface area contributed by atoms with Crippen molar-refractivity contribution in [1.29, 1.82) is 0 Å². The zero-order valence-electron chi connectivity index (χ0n) is 12.5. The van der Waals surface area contributed by atoms with E-state index >= 15 is 0 Å². The van der Waals surface area contributed by atoms with Gasteiger partial charge < -0.3 is 25.2 Å². The van der Waals surface area contributed by atoms with Gasteiger partial charge in [0.15, 0.2) is 23.5 Å². The molecule has 0 amide bonds. The van der Waals surface area contributed by atoms with Crippen LogP contribution in [0, 0.1) is 0 Å². The summed E-state index contributed by atoms with van der Waals surface area (Å²) in [6.07, 6.45) is 2.34. The summed E-state index contributed by atoms with van der Waals surface area (Å²) in [6, 6.07) is 0. The highest BCUT2D eigenvalue weighted by Gasteiger charge is 2.55. The summed E-state index contributed by atoms with van der Waals surface area (Å²) in [5, 5.41) is 11.9. The topological polar surface area (TPSA) is 130 Å². The molecule has 0 bridgehead atoms. The SMILES string of the molecule is CC1(C)O[C@@H]2[C@H](O1)[C@@H](/C=N/O)O[C@H]2n1cnc2c(N)ncnc21. The van der Waals surface area contributed by atoms with E-state index in [0.29, 0.717) is 17.0 Å².